The van der Waals surface area contributed by atoms with E-state index in [2.05, 4.69) is 14.9 Å². The number of hydrogen-bond acceptors (Lipinski definition) is 5. The van der Waals surface area contributed by atoms with Gasteiger partial charge in [0, 0.05) is 18.5 Å². The average molecular weight is 338 g/mol. The molecule has 128 valence electrons. The minimum Gasteiger partial charge on any atom is -0.383 e. The molecule has 5 nitrogen and oxygen atoms in total. The SMILES string of the molecule is Nc1nc(CN2CCOC(c3ccc(F)cc3)C2)nc2ccccc12. The molecule has 6 heteroatoms. The fourth-order valence-electron chi connectivity index (χ4n) is 3.15. The van der Waals surface area contributed by atoms with Crippen LogP contribution in [-0.2, 0) is 11.3 Å². The summed E-state index contributed by atoms with van der Waals surface area (Å²) in [6.07, 6.45) is -0.0767. The van der Waals surface area contributed by atoms with E-state index in [0.29, 0.717) is 31.3 Å². The van der Waals surface area contributed by atoms with Crippen molar-refractivity contribution in [2.75, 3.05) is 25.4 Å². The van der Waals surface area contributed by atoms with Gasteiger partial charge in [-0.15, -0.1) is 0 Å². The Labute approximate surface area is 145 Å². The molecular formula is C19H19FN4O. The second kappa shape index (κ2) is 6.74. The fourth-order valence-corrected chi connectivity index (χ4v) is 3.15. The third-order valence-corrected chi connectivity index (χ3v) is 4.44. The lowest BCUT2D eigenvalue weighted by Crippen LogP contribution is -2.38. The zero-order chi connectivity index (χ0) is 17.2. The summed E-state index contributed by atoms with van der Waals surface area (Å²) in [6, 6.07) is 14.2. The molecule has 2 aromatic carbocycles. The largest absolute Gasteiger partial charge is 0.383 e. The van der Waals surface area contributed by atoms with Crippen LogP contribution in [0.3, 0.4) is 0 Å². The van der Waals surface area contributed by atoms with Gasteiger partial charge in [-0.1, -0.05) is 24.3 Å². The Morgan fingerprint density at radius 3 is 2.76 bits per heavy atom. The number of para-hydroxylation sites is 1. The molecule has 0 radical (unpaired) electrons. The number of anilines is 1. The van der Waals surface area contributed by atoms with Gasteiger partial charge in [0.1, 0.15) is 17.5 Å². The molecule has 3 aromatic rings. The number of rotatable bonds is 3. The summed E-state index contributed by atoms with van der Waals surface area (Å²) in [5.74, 6) is 0.969. The Kier molecular flexibility index (Phi) is 4.29. The lowest BCUT2D eigenvalue weighted by Gasteiger charge is -2.32. The van der Waals surface area contributed by atoms with Crippen LogP contribution >= 0.6 is 0 Å². The number of morpholine rings is 1. The predicted molar refractivity (Wildman–Crippen MR) is 94.3 cm³/mol. The van der Waals surface area contributed by atoms with Crippen molar-refractivity contribution in [3.05, 3.63) is 65.7 Å². The van der Waals surface area contributed by atoms with Gasteiger partial charge in [-0.05, 0) is 29.8 Å². The number of nitrogens with zero attached hydrogens (tertiary/aromatic N) is 3. The molecule has 1 aliphatic heterocycles. The second-order valence-electron chi connectivity index (χ2n) is 6.19. The minimum atomic E-state index is -0.239. The van der Waals surface area contributed by atoms with Crippen LogP contribution in [0.5, 0.6) is 0 Å². The molecular weight excluding hydrogens is 319 g/mol. The van der Waals surface area contributed by atoms with Crippen molar-refractivity contribution in [3.63, 3.8) is 0 Å². The molecule has 0 saturated carbocycles. The number of fused-ring (bicyclic) bond motifs is 1. The first-order valence-corrected chi connectivity index (χ1v) is 8.29. The van der Waals surface area contributed by atoms with E-state index in [9.17, 15) is 4.39 Å². The highest BCUT2D eigenvalue weighted by molar-refractivity contribution is 5.87. The molecule has 25 heavy (non-hydrogen) atoms. The number of nitrogen functional groups attached to an aromatic ring is 1. The summed E-state index contributed by atoms with van der Waals surface area (Å²) in [5.41, 5.74) is 7.90. The van der Waals surface area contributed by atoms with E-state index in [-0.39, 0.29) is 11.9 Å². The predicted octanol–water partition coefficient (Wildman–Crippen LogP) is 2.92. The summed E-state index contributed by atoms with van der Waals surface area (Å²) in [7, 11) is 0. The number of ether oxygens (including phenoxy) is 1. The molecule has 1 aliphatic rings. The molecule has 4 rings (SSSR count). The van der Waals surface area contributed by atoms with Crippen LogP contribution in [0.2, 0.25) is 0 Å². The molecule has 2 N–H and O–H groups in total. The highest BCUT2D eigenvalue weighted by Crippen LogP contribution is 2.24. The van der Waals surface area contributed by atoms with Gasteiger partial charge >= 0.3 is 0 Å². The molecule has 1 fully saturated rings. The number of hydrogen-bond donors (Lipinski definition) is 1. The fraction of sp³-hybridized carbons (Fsp3) is 0.263. The van der Waals surface area contributed by atoms with Crippen molar-refractivity contribution < 1.29 is 9.13 Å². The van der Waals surface area contributed by atoms with Crippen molar-refractivity contribution in [1.82, 2.24) is 14.9 Å². The molecule has 1 unspecified atom stereocenters. The van der Waals surface area contributed by atoms with E-state index in [4.69, 9.17) is 10.5 Å². The first-order valence-electron chi connectivity index (χ1n) is 8.29. The van der Waals surface area contributed by atoms with Gasteiger partial charge in [-0.2, -0.15) is 0 Å². The normalized spacial score (nSPS) is 18.5. The monoisotopic (exact) mass is 338 g/mol. The highest BCUT2D eigenvalue weighted by atomic mass is 19.1. The maximum Gasteiger partial charge on any atom is 0.145 e. The highest BCUT2D eigenvalue weighted by Gasteiger charge is 2.23. The summed E-state index contributed by atoms with van der Waals surface area (Å²) in [4.78, 5) is 11.3. The topological polar surface area (TPSA) is 64.3 Å². The van der Waals surface area contributed by atoms with E-state index in [1.54, 1.807) is 12.1 Å². The quantitative estimate of drug-likeness (QED) is 0.795. The third-order valence-electron chi connectivity index (χ3n) is 4.44. The van der Waals surface area contributed by atoms with Crippen LogP contribution in [0.15, 0.2) is 48.5 Å². The standard InChI is InChI=1S/C19H19FN4O/c20-14-7-5-13(6-8-14)17-11-24(9-10-25-17)12-18-22-16-4-2-1-3-15(16)19(21)23-18/h1-8,17H,9-12H2,(H2,21,22,23). The van der Waals surface area contributed by atoms with Crippen LogP contribution in [0.4, 0.5) is 10.2 Å². The van der Waals surface area contributed by atoms with Gasteiger partial charge in [-0.25, -0.2) is 14.4 Å². The van der Waals surface area contributed by atoms with E-state index >= 15 is 0 Å². The lowest BCUT2D eigenvalue weighted by molar-refractivity contribution is -0.0336. The van der Waals surface area contributed by atoms with Gasteiger partial charge in [0.25, 0.3) is 0 Å². The van der Waals surface area contributed by atoms with Crippen molar-refractivity contribution in [1.29, 1.82) is 0 Å². The Morgan fingerprint density at radius 2 is 1.92 bits per heavy atom. The summed E-state index contributed by atoms with van der Waals surface area (Å²) in [6.45, 7) is 2.73. The number of halogens is 1. The summed E-state index contributed by atoms with van der Waals surface area (Å²) < 4.78 is 18.9. The first kappa shape index (κ1) is 15.9. The number of nitrogens with two attached hydrogens (primary N) is 1. The van der Waals surface area contributed by atoms with Crippen molar-refractivity contribution >= 4 is 16.7 Å². The Hall–Kier alpha value is -2.57. The smallest absolute Gasteiger partial charge is 0.145 e. The van der Waals surface area contributed by atoms with Crippen molar-refractivity contribution in [2.45, 2.75) is 12.6 Å². The lowest BCUT2D eigenvalue weighted by atomic mass is 10.1. The van der Waals surface area contributed by atoms with E-state index in [0.717, 1.165) is 23.0 Å². The van der Waals surface area contributed by atoms with Gasteiger partial charge in [0.15, 0.2) is 0 Å². The van der Waals surface area contributed by atoms with E-state index < -0.39 is 0 Å². The number of aromatic nitrogens is 2. The first-order chi connectivity index (χ1) is 12.2. The maximum absolute atomic E-state index is 13.1. The molecule has 2 heterocycles. The molecule has 0 bridgehead atoms. The molecule has 1 aromatic heterocycles. The van der Waals surface area contributed by atoms with Gasteiger partial charge < -0.3 is 10.5 Å². The maximum atomic E-state index is 13.1. The van der Waals surface area contributed by atoms with Crippen molar-refractivity contribution in [2.24, 2.45) is 0 Å². The summed E-state index contributed by atoms with van der Waals surface area (Å²) in [5, 5.41) is 0.873. The van der Waals surface area contributed by atoms with Crippen LogP contribution < -0.4 is 5.73 Å². The van der Waals surface area contributed by atoms with Crippen LogP contribution in [0, 0.1) is 5.82 Å². The van der Waals surface area contributed by atoms with Crippen LogP contribution in [0.25, 0.3) is 10.9 Å². The van der Waals surface area contributed by atoms with Gasteiger partial charge in [-0.3, -0.25) is 4.90 Å². The van der Waals surface area contributed by atoms with Crippen LogP contribution in [0.1, 0.15) is 17.5 Å². The van der Waals surface area contributed by atoms with Gasteiger partial charge in [0.2, 0.25) is 0 Å². The summed E-state index contributed by atoms with van der Waals surface area (Å²) >= 11 is 0. The average Bonchev–Trinajstić information content (AvgIpc) is 2.63. The van der Waals surface area contributed by atoms with Crippen molar-refractivity contribution in [3.8, 4) is 0 Å². The van der Waals surface area contributed by atoms with E-state index in [1.165, 1.54) is 12.1 Å². The zero-order valence-electron chi connectivity index (χ0n) is 13.7. The van der Waals surface area contributed by atoms with Crippen LogP contribution in [-0.4, -0.2) is 34.6 Å². The number of benzene rings is 2. The molecule has 0 amide bonds. The third kappa shape index (κ3) is 3.45. The molecule has 1 atom stereocenters. The van der Waals surface area contributed by atoms with Gasteiger partial charge in [0.05, 0.1) is 24.8 Å². The van der Waals surface area contributed by atoms with E-state index in [1.807, 2.05) is 24.3 Å². The molecule has 0 spiro atoms. The molecule has 1 saturated heterocycles. The Balaban J connectivity index is 1.51. The Bertz CT molecular complexity index is 884. The minimum absolute atomic E-state index is 0.0767. The Morgan fingerprint density at radius 1 is 1.12 bits per heavy atom. The molecule has 0 aliphatic carbocycles. The zero-order valence-corrected chi connectivity index (χ0v) is 13.7. The second-order valence-corrected chi connectivity index (χ2v) is 6.19.